The molecule has 1 aliphatic carbocycles. The Balaban J connectivity index is 1.67. The van der Waals surface area contributed by atoms with Crippen LogP contribution in [0, 0.1) is 0 Å². The van der Waals surface area contributed by atoms with Crippen molar-refractivity contribution in [2.24, 2.45) is 0 Å². The molecule has 3 N–H and O–H groups in total. The van der Waals surface area contributed by atoms with Gasteiger partial charge in [0.2, 0.25) is 5.95 Å². The van der Waals surface area contributed by atoms with Crippen molar-refractivity contribution in [2.75, 3.05) is 23.7 Å². The van der Waals surface area contributed by atoms with Crippen molar-refractivity contribution in [1.82, 2.24) is 15.3 Å². The summed E-state index contributed by atoms with van der Waals surface area (Å²) in [4.78, 5) is 21.7. The number of carbonyl (C=O) groups excluding carboxylic acids is 1. The molecular formula is C20H31N5OS. The minimum atomic E-state index is -0.0964. The topological polar surface area (TPSA) is 78.9 Å². The first-order valence-electron chi connectivity index (χ1n) is 10.2. The van der Waals surface area contributed by atoms with E-state index in [-0.39, 0.29) is 5.91 Å². The maximum atomic E-state index is 12.8. The Morgan fingerprint density at radius 3 is 2.89 bits per heavy atom. The van der Waals surface area contributed by atoms with E-state index in [0.29, 0.717) is 35.2 Å². The SMILES string of the molecule is CCCCNc1ncc(C(=O)NCC2CC=CS2)c(NC2CCCCC2)n1. The highest BCUT2D eigenvalue weighted by atomic mass is 32.2. The molecule has 0 spiro atoms. The van der Waals surface area contributed by atoms with Gasteiger partial charge in [-0.05, 0) is 31.1 Å². The zero-order valence-electron chi connectivity index (χ0n) is 16.2. The summed E-state index contributed by atoms with van der Waals surface area (Å²) >= 11 is 1.77. The van der Waals surface area contributed by atoms with E-state index in [9.17, 15) is 4.79 Å². The third kappa shape index (κ3) is 6.13. The summed E-state index contributed by atoms with van der Waals surface area (Å²) in [6, 6.07) is 0.387. The lowest BCUT2D eigenvalue weighted by Crippen LogP contribution is -2.32. The summed E-state index contributed by atoms with van der Waals surface area (Å²) in [5.74, 6) is 1.15. The van der Waals surface area contributed by atoms with Crippen molar-refractivity contribution < 1.29 is 4.79 Å². The van der Waals surface area contributed by atoms with Gasteiger partial charge in [0.25, 0.3) is 5.91 Å². The molecule has 1 aromatic heterocycles. The highest BCUT2D eigenvalue weighted by molar-refractivity contribution is 8.03. The van der Waals surface area contributed by atoms with Crippen molar-refractivity contribution in [1.29, 1.82) is 0 Å². The van der Waals surface area contributed by atoms with Crippen LogP contribution < -0.4 is 16.0 Å². The minimum absolute atomic E-state index is 0.0964. The van der Waals surface area contributed by atoms with Crippen LogP contribution in [0.15, 0.2) is 17.7 Å². The predicted octanol–water partition coefficient (Wildman–Crippen LogP) is 4.18. The van der Waals surface area contributed by atoms with Gasteiger partial charge in [-0.15, -0.1) is 11.8 Å². The van der Waals surface area contributed by atoms with Crippen LogP contribution in [0.2, 0.25) is 0 Å². The molecule has 1 fully saturated rings. The number of amides is 1. The summed E-state index contributed by atoms with van der Waals surface area (Å²) in [5, 5.41) is 12.4. The fourth-order valence-electron chi connectivity index (χ4n) is 3.42. The van der Waals surface area contributed by atoms with E-state index in [2.05, 4.69) is 44.3 Å². The molecule has 1 saturated carbocycles. The standard InChI is InChI=1S/C20H31N5OS/c1-2-3-11-21-20-23-14-17(19(26)22-13-16-10-7-12-27-16)18(25-20)24-15-8-5-4-6-9-15/h7,12,14-16H,2-6,8-11,13H2,1H3,(H,22,26)(H2,21,23,24,25). The fourth-order valence-corrected chi connectivity index (χ4v) is 4.27. The molecule has 3 rings (SSSR count). The summed E-state index contributed by atoms with van der Waals surface area (Å²) in [6.45, 7) is 3.66. The second kappa shape index (κ2) is 10.5. The molecular weight excluding hydrogens is 358 g/mol. The summed E-state index contributed by atoms with van der Waals surface area (Å²) in [7, 11) is 0. The molecule has 1 aromatic rings. The van der Waals surface area contributed by atoms with Crippen molar-refractivity contribution in [3.8, 4) is 0 Å². The van der Waals surface area contributed by atoms with E-state index in [1.807, 2.05) is 0 Å². The van der Waals surface area contributed by atoms with Crippen LogP contribution >= 0.6 is 11.8 Å². The van der Waals surface area contributed by atoms with E-state index < -0.39 is 0 Å². The van der Waals surface area contributed by atoms with Gasteiger partial charge in [-0.3, -0.25) is 4.79 Å². The molecule has 1 unspecified atom stereocenters. The van der Waals surface area contributed by atoms with Crippen LogP contribution in [0.4, 0.5) is 11.8 Å². The first kappa shape index (κ1) is 20.0. The van der Waals surface area contributed by atoms with Gasteiger partial charge in [0.05, 0.1) is 0 Å². The lowest BCUT2D eigenvalue weighted by molar-refractivity contribution is 0.0954. The average molecular weight is 390 g/mol. The van der Waals surface area contributed by atoms with E-state index in [1.54, 1.807) is 18.0 Å². The molecule has 0 aromatic carbocycles. The Kier molecular flexibility index (Phi) is 7.80. The summed E-state index contributed by atoms with van der Waals surface area (Å²) in [5.41, 5.74) is 0.539. The van der Waals surface area contributed by atoms with Gasteiger partial charge in [-0.1, -0.05) is 38.7 Å². The van der Waals surface area contributed by atoms with Gasteiger partial charge >= 0.3 is 0 Å². The Bertz CT molecular complexity index is 637. The average Bonchev–Trinajstić information content (AvgIpc) is 3.21. The zero-order valence-corrected chi connectivity index (χ0v) is 17.0. The quantitative estimate of drug-likeness (QED) is 0.550. The number of allylic oxidation sites excluding steroid dienone is 1. The first-order valence-corrected chi connectivity index (χ1v) is 11.2. The number of carbonyl (C=O) groups is 1. The maximum absolute atomic E-state index is 12.8. The molecule has 1 atom stereocenters. The number of hydrogen-bond acceptors (Lipinski definition) is 6. The Morgan fingerprint density at radius 1 is 1.30 bits per heavy atom. The Hall–Kier alpha value is -1.76. The van der Waals surface area contributed by atoms with Crippen LogP contribution in [-0.2, 0) is 0 Å². The smallest absolute Gasteiger partial charge is 0.256 e. The van der Waals surface area contributed by atoms with E-state index in [4.69, 9.17) is 0 Å². The number of rotatable bonds is 9. The van der Waals surface area contributed by atoms with E-state index >= 15 is 0 Å². The third-order valence-corrected chi connectivity index (χ3v) is 6.14. The van der Waals surface area contributed by atoms with Gasteiger partial charge < -0.3 is 16.0 Å². The van der Waals surface area contributed by atoms with Gasteiger partial charge in [0, 0.05) is 30.6 Å². The van der Waals surface area contributed by atoms with Crippen molar-refractivity contribution >= 4 is 29.4 Å². The largest absolute Gasteiger partial charge is 0.367 e. The van der Waals surface area contributed by atoms with Crippen LogP contribution in [0.25, 0.3) is 0 Å². The number of anilines is 2. The molecule has 2 aliphatic rings. The normalized spacial score (nSPS) is 19.8. The molecule has 0 radical (unpaired) electrons. The van der Waals surface area contributed by atoms with Crippen LogP contribution in [0.5, 0.6) is 0 Å². The lowest BCUT2D eigenvalue weighted by atomic mass is 9.95. The number of thioether (sulfide) groups is 1. The number of nitrogens with one attached hydrogen (secondary N) is 3. The number of unbranched alkanes of at least 4 members (excludes halogenated alkanes) is 1. The Morgan fingerprint density at radius 2 is 2.15 bits per heavy atom. The Labute approximate surface area is 166 Å². The first-order chi connectivity index (χ1) is 13.3. The molecule has 6 nitrogen and oxygen atoms in total. The van der Waals surface area contributed by atoms with Crippen molar-refractivity contribution in [2.45, 2.75) is 69.6 Å². The summed E-state index contributed by atoms with van der Waals surface area (Å²) < 4.78 is 0. The van der Waals surface area contributed by atoms with Crippen molar-refractivity contribution in [3.05, 3.63) is 23.2 Å². The molecule has 7 heteroatoms. The molecule has 148 valence electrons. The minimum Gasteiger partial charge on any atom is -0.367 e. The monoisotopic (exact) mass is 389 g/mol. The molecule has 0 bridgehead atoms. The highest BCUT2D eigenvalue weighted by Crippen LogP contribution is 2.25. The van der Waals surface area contributed by atoms with Gasteiger partial charge in [-0.2, -0.15) is 4.98 Å². The summed E-state index contributed by atoms with van der Waals surface area (Å²) in [6.07, 6.45) is 13.0. The third-order valence-electron chi connectivity index (χ3n) is 5.05. The van der Waals surface area contributed by atoms with Crippen LogP contribution in [-0.4, -0.2) is 40.3 Å². The number of hydrogen-bond donors (Lipinski definition) is 3. The van der Waals surface area contributed by atoms with E-state index in [1.165, 1.54) is 19.3 Å². The lowest BCUT2D eigenvalue weighted by Gasteiger charge is -2.24. The van der Waals surface area contributed by atoms with Gasteiger partial charge in [-0.25, -0.2) is 4.98 Å². The number of nitrogens with zero attached hydrogens (tertiary/aromatic N) is 2. The van der Waals surface area contributed by atoms with Crippen LogP contribution in [0.1, 0.15) is 68.6 Å². The fraction of sp³-hybridized carbons (Fsp3) is 0.650. The molecule has 2 heterocycles. The predicted molar refractivity (Wildman–Crippen MR) is 113 cm³/mol. The number of aromatic nitrogens is 2. The zero-order chi connectivity index (χ0) is 18.9. The van der Waals surface area contributed by atoms with Crippen LogP contribution in [0.3, 0.4) is 0 Å². The maximum Gasteiger partial charge on any atom is 0.256 e. The highest BCUT2D eigenvalue weighted by Gasteiger charge is 2.21. The van der Waals surface area contributed by atoms with E-state index in [0.717, 1.165) is 38.6 Å². The van der Waals surface area contributed by atoms with Crippen molar-refractivity contribution in [3.63, 3.8) is 0 Å². The molecule has 1 aliphatic heterocycles. The van der Waals surface area contributed by atoms with Gasteiger partial charge in [0.1, 0.15) is 11.4 Å². The second-order valence-electron chi connectivity index (χ2n) is 7.29. The molecule has 0 saturated heterocycles. The molecule has 27 heavy (non-hydrogen) atoms. The second-order valence-corrected chi connectivity index (χ2v) is 8.50. The van der Waals surface area contributed by atoms with Gasteiger partial charge in [0.15, 0.2) is 0 Å². The molecule has 1 amide bonds.